The van der Waals surface area contributed by atoms with Crippen LogP contribution in [-0.2, 0) is 0 Å². The normalized spacial score (nSPS) is 14.8. The average molecular weight is 265 g/mol. The van der Waals surface area contributed by atoms with Crippen molar-refractivity contribution in [1.82, 2.24) is 5.32 Å². The topological polar surface area (TPSA) is 12.0 Å². The maximum atomic E-state index is 3.73. The zero-order valence-corrected chi connectivity index (χ0v) is 12.2. The zero-order chi connectivity index (χ0) is 12.3. The van der Waals surface area contributed by atoms with Gasteiger partial charge in [-0.05, 0) is 48.7 Å². The highest BCUT2D eigenvalue weighted by molar-refractivity contribution is 7.10. The molecule has 0 bridgehead atoms. The average Bonchev–Trinajstić information content (AvgIpc) is 2.96. The third-order valence-corrected chi connectivity index (χ3v) is 5.23. The van der Waals surface area contributed by atoms with Crippen LogP contribution in [0.15, 0.2) is 29.0 Å². The Hall–Kier alpha value is -0.640. The Morgan fingerprint density at radius 3 is 2.59 bits per heavy atom. The number of hydrogen-bond acceptors (Lipinski definition) is 3. The lowest BCUT2D eigenvalue weighted by Crippen LogP contribution is -2.23. The van der Waals surface area contributed by atoms with Gasteiger partial charge in [0, 0.05) is 21.8 Å². The molecule has 0 saturated heterocycles. The van der Waals surface area contributed by atoms with E-state index < -0.39 is 0 Å². The Morgan fingerprint density at radius 2 is 2.06 bits per heavy atom. The number of rotatable bonds is 5. The van der Waals surface area contributed by atoms with Crippen molar-refractivity contribution >= 4 is 22.7 Å². The van der Waals surface area contributed by atoms with Gasteiger partial charge >= 0.3 is 0 Å². The predicted molar refractivity (Wildman–Crippen MR) is 78.0 cm³/mol. The standard InChI is InChI=1S/C14H19NS2/c1-4-12(13-6-5-8-16-13)15-11(3)14-10(2)7-9-17-14/h5-9,11-12,15H,4H2,1-3H3. The lowest BCUT2D eigenvalue weighted by Gasteiger charge is -2.21. The molecule has 17 heavy (non-hydrogen) atoms. The van der Waals surface area contributed by atoms with Crippen LogP contribution in [0.1, 0.15) is 47.7 Å². The fraction of sp³-hybridized carbons (Fsp3) is 0.429. The quantitative estimate of drug-likeness (QED) is 0.809. The molecule has 92 valence electrons. The summed E-state index contributed by atoms with van der Waals surface area (Å²) >= 11 is 3.69. The van der Waals surface area contributed by atoms with Crippen molar-refractivity contribution in [3.63, 3.8) is 0 Å². The first-order valence-electron chi connectivity index (χ1n) is 6.05. The number of hydrogen-bond donors (Lipinski definition) is 1. The van der Waals surface area contributed by atoms with Gasteiger partial charge in [-0.1, -0.05) is 13.0 Å². The number of aryl methyl sites for hydroxylation is 1. The molecular weight excluding hydrogens is 246 g/mol. The van der Waals surface area contributed by atoms with E-state index in [1.54, 1.807) is 0 Å². The molecule has 0 aliphatic heterocycles. The summed E-state index contributed by atoms with van der Waals surface area (Å²) in [5.41, 5.74) is 1.40. The molecule has 0 saturated carbocycles. The molecule has 2 heterocycles. The molecule has 0 aromatic carbocycles. The van der Waals surface area contributed by atoms with Crippen molar-refractivity contribution in [2.45, 2.75) is 39.3 Å². The minimum absolute atomic E-state index is 0.432. The monoisotopic (exact) mass is 265 g/mol. The molecule has 1 nitrogen and oxygen atoms in total. The molecule has 0 aliphatic rings. The van der Waals surface area contributed by atoms with Gasteiger partial charge in [-0.2, -0.15) is 0 Å². The van der Waals surface area contributed by atoms with Crippen molar-refractivity contribution in [3.05, 3.63) is 44.3 Å². The van der Waals surface area contributed by atoms with Gasteiger partial charge < -0.3 is 5.32 Å². The molecule has 0 fully saturated rings. The van der Waals surface area contributed by atoms with Gasteiger partial charge in [0.2, 0.25) is 0 Å². The van der Waals surface area contributed by atoms with Crippen LogP contribution in [0.2, 0.25) is 0 Å². The predicted octanol–water partition coefficient (Wildman–Crippen LogP) is 4.92. The molecule has 3 heteroatoms. The van der Waals surface area contributed by atoms with Crippen molar-refractivity contribution < 1.29 is 0 Å². The Morgan fingerprint density at radius 1 is 1.24 bits per heavy atom. The zero-order valence-electron chi connectivity index (χ0n) is 10.6. The molecule has 2 unspecified atom stereocenters. The molecule has 0 amide bonds. The second-order valence-corrected chi connectivity index (χ2v) is 6.26. The fourth-order valence-electron chi connectivity index (χ4n) is 2.10. The van der Waals surface area contributed by atoms with Gasteiger partial charge in [0.05, 0.1) is 0 Å². The maximum absolute atomic E-state index is 3.73. The van der Waals surface area contributed by atoms with E-state index in [9.17, 15) is 0 Å². The summed E-state index contributed by atoms with van der Waals surface area (Å²) in [6.07, 6.45) is 1.13. The van der Waals surface area contributed by atoms with Gasteiger partial charge in [-0.3, -0.25) is 0 Å². The van der Waals surface area contributed by atoms with Crippen LogP contribution in [0.25, 0.3) is 0 Å². The number of nitrogens with one attached hydrogen (secondary N) is 1. The van der Waals surface area contributed by atoms with E-state index in [1.807, 2.05) is 22.7 Å². The van der Waals surface area contributed by atoms with E-state index in [-0.39, 0.29) is 0 Å². The summed E-state index contributed by atoms with van der Waals surface area (Å²) in [6.45, 7) is 6.69. The van der Waals surface area contributed by atoms with Crippen LogP contribution in [0.4, 0.5) is 0 Å². The smallest absolute Gasteiger partial charge is 0.0417 e. The first-order valence-corrected chi connectivity index (χ1v) is 7.81. The van der Waals surface area contributed by atoms with E-state index in [0.717, 1.165) is 6.42 Å². The molecule has 1 N–H and O–H groups in total. The van der Waals surface area contributed by atoms with Crippen molar-refractivity contribution in [1.29, 1.82) is 0 Å². The molecular formula is C14H19NS2. The van der Waals surface area contributed by atoms with E-state index in [2.05, 4.69) is 55.0 Å². The third-order valence-electron chi connectivity index (χ3n) is 3.04. The Balaban J connectivity index is 2.07. The van der Waals surface area contributed by atoms with E-state index in [0.29, 0.717) is 12.1 Å². The summed E-state index contributed by atoms with van der Waals surface area (Å²) in [7, 11) is 0. The van der Waals surface area contributed by atoms with Crippen LogP contribution in [0.5, 0.6) is 0 Å². The van der Waals surface area contributed by atoms with E-state index >= 15 is 0 Å². The minimum Gasteiger partial charge on any atom is -0.302 e. The molecule has 2 aromatic rings. The lowest BCUT2D eigenvalue weighted by atomic mass is 10.1. The van der Waals surface area contributed by atoms with Crippen LogP contribution in [0.3, 0.4) is 0 Å². The minimum atomic E-state index is 0.432. The summed E-state index contributed by atoms with van der Waals surface area (Å²) in [5.74, 6) is 0. The molecule has 2 aromatic heterocycles. The van der Waals surface area contributed by atoms with Crippen LogP contribution in [-0.4, -0.2) is 0 Å². The first kappa shape index (κ1) is 12.8. The van der Waals surface area contributed by atoms with E-state index in [1.165, 1.54) is 15.3 Å². The highest BCUT2D eigenvalue weighted by Crippen LogP contribution is 2.29. The Bertz CT molecular complexity index is 444. The third kappa shape index (κ3) is 2.97. The summed E-state index contributed by atoms with van der Waals surface area (Å²) in [5, 5.41) is 8.06. The second-order valence-electron chi connectivity index (χ2n) is 4.33. The van der Waals surface area contributed by atoms with Crippen molar-refractivity contribution in [2.24, 2.45) is 0 Å². The Labute approximate surface area is 112 Å². The summed E-state index contributed by atoms with van der Waals surface area (Å²) < 4.78 is 0. The molecule has 2 rings (SSSR count). The van der Waals surface area contributed by atoms with Gasteiger partial charge in [-0.15, -0.1) is 22.7 Å². The van der Waals surface area contributed by atoms with Crippen LogP contribution < -0.4 is 5.32 Å². The largest absolute Gasteiger partial charge is 0.302 e. The fourth-order valence-corrected chi connectivity index (χ4v) is 3.91. The molecule has 0 spiro atoms. The summed E-state index contributed by atoms with van der Waals surface area (Å²) in [6, 6.07) is 7.46. The van der Waals surface area contributed by atoms with Crippen molar-refractivity contribution in [3.8, 4) is 0 Å². The van der Waals surface area contributed by atoms with Gasteiger partial charge in [0.15, 0.2) is 0 Å². The second kappa shape index (κ2) is 5.80. The first-order chi connectivity index (χ1) is 8.22. The number of thiophene rings is 2. The van der Waals surface area contributed by atoms with Crippen LogP contribution >= 0.6 is 22.7 Å². The lowest BCUT2D eigenvalue weighted by molar-refractivity contribution is 0.465. The highest BCUT2D eigenvalue weighted by atomic mass is 32.1. The van der Waals surface area contributed by atoms with E-state index in [4.69, 9.17) is 0 Å². The summed E-state index contributed by atoms with van der Waals surface area (Å²) in [4.78, 5) is 2.90. The molecule has 0 aliphatic carbocycles. The SMILES string of the molecule is CCC(NC(C)c1sccc1C)c1cccs1. The molecule has 2 atom stereocenters. The highest BCUT2D eigenvalue weighted by Gasteiger charge is 2.16. The Kier molecular flexibility index (Phi) is 4.37. The van der Waals surface area contributed by atoms with Gasteiger partial charge in [0.1, 0.15) is 0 Å². The maximum Gasteiger partial charge on any atom is 0.0417 e. The van der Waals surface area contributed by atoms with Crippen LogP contribution in [0, 0.1) is 6.92 Å². The van der Waals surface area contributed by atoms with Gasteiger partial charge in [0.25, 0.3) is 0 Å². The van der Waals surface area contributed by atoms with Gasteiger partial charge in [-0.25, -0.2) is 0 Å². The van der Waals surface area contributed by atoms with Crippen molar-refractivity contribution in [2.75, 3.05) is 0 Å². The molecule has 0 radical (unpaired) electrons.